The fourth-order valence-electron chi connectivity index (χ4n) is 11.5. The van der Waals surface area contributed by atoms with Crippen LogP contribution in [0.1, 0.15) is 101 Å². The Morgan fingerprint density at radius 3 is 2.20 bits per heavy atom. The Morgan fingerprint density at radius 2 is 1.51 bits per heavy atom. The molecule has 4 atom stereocenters. The molecule has 70 heavy (non-hydrogen) atoms. The maximum Gasteiger partial charge on any atom is 0.251 e. The summed E-state index contributed by atoms with van der Waals surface area (Å²) in [5, 5.41) is 22.4. The summed E-state index contributed by atoms with van der Waals surface area (Å²) in [6.07, 6.45) is 8.33. The third kappa shape index (κ3) is 13.1. The smallest absolute Gasteiger partial charge is 0.251 e. The van der Waals surface area contributed by atoms with Gasteiger partial charge in [-0.25, -0.2) is 0 Å². The summed E-state index contributed by atoms with van der Waals surface area (Å²) in [4.78, 5) is 45.2. The number of ether oxygens (including phenoxy) is 4. The number of benzene rings is 3. The average Bonchev–Trinajstić information content (AvgIpc) is 3.80. The van der Waals surface area contributed by atoms with Gasteiger partial charge in [0, 0.05) is 66.4 Å². The summed E-state index contributed by atoms with van der Waals surface area (Å²) in [6.45, 7) is 16.8. The predicted octanol–water partition coefficient (Wildman–Crippen LogP) is 7.49. The van der Waals surface area contributed by atoms with Crippen molar-refractivity contribution in [1.82, 2.24) is 25.8 Å². The van der Waals surface area contributed by atoms with Crippen molar-refractivity contribution in [3.05, 3.63) is 88.4 Å². The molecule has 2 saturated heterocycles. The number of amides is 3. The van der Waals surface area contributed by atoms with E-state index in [1.165, 1.54) is 12.0 Å². The van der Waals surface area contributed by atoms with E-state index in [1.807, 2.05) is 43.3 Å². The molecule has 0 unspecified atom stereocenters. The summed E-state index contributed by atoms with van der Waals surface area (Å²) in [6, 6.07) is 22.2. The van der Waals surface area contributed by atoms with Gasteiger partial charge in [-0.1, -0.05) is 70.7 Å². The number of piperidine rings is 1. The van der Waals surface area contributed by atoms with Gasteiger partial charge in [-0.05, 0) is 119 Å². The highest BCUT2D eigenvalue weighted by molar-refractivity contribution is 6.31. The second-order valence-electron chi connectivity index (χ2n) is 20.9. The molecule has 0 spiro atoms. The van der Waals surface area contributed by atoms with Gasteiger partial charge in [0.15, 0.2) is 0 Å². The Morgan fingerprint density at radius 1 is 0.843 bits per heavy atom. The first kappa shape index (κ1) is 52.9. The lowest BCUT2D eigenvalue weighted by molar-refractivity contribution is -0.164. The van der Waals surface area contributed by atoms with Gasteiger partial charge < -0.3 is 50.0 Å². The average molecular weight is 983 g/mol. The van der Waals surface area contributed by atoms with Crippen LogP contribution < -0.4 is 30.7 Å². The molecule has 2 saturated carbocycles. The van der Waals surface area contributed by atoms with E-state index in [0.29, 0.717) is 67.4 Å². The van der Waals surface area contributed by atoms with Gasteiger partial charge in [-0.2, -0.15) is 5.26 Å². The van der Waals surface area contributed by atoms with Crippen molar-refractivity contribution in [3.63, 3.8) is 0 Å². The van der Waals surface area contributed by atoms with E-state index in [9.17, 15) is 19.6 Å². The molecule has 3 amide bonds. The van der Waals surface area contributed by atoms with Crippen LogP contribution in [0.25, 0.3) is 0 Å². The molecule has 7 rings (SSSR count). The van der Waals surface area contributed by atoms with Crippen LogP contribution in [-0.4, -0.2) is 131 Å². The Kier molecular flexibility index (Phi) is 18.5. The molecule has 15 heteroatoms. The Balaban J connectivity index is 0.735. The number of anilines is 1. The SMILES string of the molecule is CN[C@@H](C)C(=O)N[C@H](C(=O)N1CC[C@@H]2CCN(CCc3ccc(OCCOCCOCCNc4ccc(C(=O)N[C@H]5C(C)(C)[C@H](Oc6ccc(C#N)c(Cl)c6)C5(C)C)cc4)cc3)C[C@@H]21)C1CCCCC1. The number of nitriles is 1. The third-order valence-corrected chi connectivity index (χ3v) is 15.7. The highest BCUT2D eigenvalue weighted by Gasteiger charge is 2.64. The number of hydrogen-bond donors (Lipinski definition) is 4. The standard InChI is InChI=1S/C55H76ClN7O7/c1-37(58-6)49(64)60-48(40-10-8-7-9-11-40)51(66)63-28-24-39-23-27-62(36-47(39)63)26-22-38-12-19-44(20-13-38)69-33-32-68-31-30-67-29-25-59-43-17-14-41(15-18-43)50(65)61-52-54(2,3)53(55(52,4)5)70-45-21-16-42(35-57)46(56)34-45/h12-21,34,37,39-40,47-48,52-53,58-59H,7-11,22-33,36H2,1-6H3,(H,60,64)(H,61,65)/t37-,39-,47-,48-,52-,53-/m0/s1. The number of carbonyl (C=O) groups excluding carboxylic acids is 3. The summed E-state index contributed by atoms with van der Waals surface area (Å²) in [5.74, 6) is 2.03. The van der Waals surface area contributed by atoms with Crippen LogP contribution in [0.4, 0.5) is 5.69 Å². The van der Waals surface area contributed by atoms with Crippen molar-refractivity contribution >= 4 is 35.0 Å². The van der Waals surface area contributed by atoms with E-state index < -0.39 is 6.04 Å². The minimum atomic E-state index is -0.441. The van der Waals surface area contributed by atoms with Crippen LogP contribution in [0.5, 0.6) is 11.5 Å². The number of likely N-dealkylation sites (N-methyl/N-ethyl adjacent to an activating group) is 1. The maximum atomic E-state index is 14.2. The molecule has 2 heterocycles. The first-order chi connectivity index (χ1) is 33.7. The molecule has 3 aromatic carbocycles. The molecule has 380 valence electrons. The summed E-state index contributed by atoms with van der Waals surface area (Å²) in [7, 11) is 1.78. The van der Waals surface area contributed by atoms with Gasteiger partial charge in [0.05, 0.1) is 43.1 Å². The molecule has 2 aliphatic carbocycles. The first-order valence-corrected chi connectivity index (χ1v) is 26.0. The van der Waals surface area contributed by atoms with Gasteiger partial charge >= 0.3 is 0 Å². The Bertz CT molecular complexity index is 2230. The second-order valence-corrected chi connectivity index (χ2v) is 21.3. The molecular formula is C55H76ClN7O7. The zero-order chi connectivity index (χ0) is 49.8. The molecule has 0 aromatic heterocycles. The van der Waals surface area contributed by atoms with Crippen molar-refractivity contribution < 1.29 is 33.3 Å². The van der Waals surface area contributed by atoms with Crippen molar-refractivity contribution in [3.8, 4) is 17.6 Å². The van der Waals surface area contributed by atoms with E-state index in [-0.39, 0.29) is 58.7 Å². The fraction of sp³-hybridized carbons (Fsp3) is 0.600. The lowest BCUT2D eigenvalue weighted by Crippen LogP contribution is -2.74. The van der Waals surface area contributed by atoms with Crippen LogP contribution in [0.3, 0.4) is 0 Å². The van der Waals surface area contributed by atoms with Crippen molar-refractivity contribution in [2.75, 3.05) is 78.1 Å². The largest absolute Gasteiger partial charge is 0.491 e. The minimum Gasteiger partial charge on any atom is -0.491 e. The molecule has 2 aliphatic heterocycles. The number of likely N-dealkylation sites (tertiary alicyclic amines) is 2. The highest BCUT2D eigenvalue weighted by atomic mass is 35.5. The second kappa shape index (κ2) is 24.5. The number of nitrogens with zero attached hydrogens (tertiary/aromatic N) is 3. The van der Waals surface area contributed by atoms with E-state index >= 15 is 0 Å². The van der Waals surface area contributed by atoms with Gasteiger partial charge in [0.1, 0.15) is 36.3 Å². The van der Waals surface area contributed by atoms with Crippen molar-refractivity contribution in [2.24, 2.45) is 22.7 Å². The molecule has 0 bridgehead atoms. The van der Waals surface area contributed by atoms with E-state index in [1.54, 1.807) is 25.2 Å². The third-order valence-electron chi connectivity index (χ3n) is 15.4. The summed E-state index contributed by atoms with van der Waals surface area (Å²) in [5.41, 5.74) is 2.42. The van der Waals surface area contributed by atoms with Crippen LogP contribution in [0.15, 0.2) is 66.7 Å². The number of fused-ring (bicyclic) bond motifs is 1. The van der Waals surface area contributed by atoms with Gasteiger partial charge in [0.2, 0.25) is 11.8 Å². The van der Waals surface area contributed by atoms with Crippen LogP contribution in [0, 0.1) is 34.0 Å². The zero-order valence-corrected chi connectivity index (χ0v) is 43.0. The molecule has 4 N–H and O–H groups in total. The maximum absolute atomic E-state index is 14.2. The number of halogens is 1. The summed E-state index contributed by atoms with van der Waals surface area (Å²) >= 11 is 6.24. The van der Waals surface area contributed by atoms with Crippen LogP contribution in [0.2, 0.25) is 5.02 Å². The van der Waals surface area contributed by atoms with Gasteiger partial charge in [-0.15, -0.1) is 0 Å². The zero-order valence-electron chi connectivity index (χ0n) is 42.2. The molecule has 4 aliphatic rings. The Labute approximate surface area is 420 Å². The monoisotopic (exact) mass is 982 g/mol. The Hall–Kier alpha value is -4.91. The number of nitrogens with one attached hydrogen (secondary N) is 4. The fourth-order valence-corrected chi connectivity index (χ4v) is 11.7. The molecular weight excluding hydrogens is 906 g/mol. The van der Waals surface area contributed by atoms with Gasteiger partial charge in [0.25, 0.3) is 5.91 Å². The van der Waals surface area contributed by atoms with E-state index in [2.05, 4.69) is 77.0 Å². The van der Waals surface area contributed by atoms with Crippen LogP contribution in [-0.2, 0) is 25.5 Å². The van der Waals surface area contributed by atoms with Crippen molar-refractivity contribution in [1.29, 1.82) is 5.26 Å². The lowest BCUT2D eigenvalue weighted by Gasteiger charge is -2.63. The first-order valence-electron chi connectivity index (χ1n) is 25.6. The molecule has 3 aromatic rings. The summed E-state index contributed by atoms with van der Waals surface area (Å²) < 4.78 is 23.8. The predicted molar refractivity (Wildman–Crippen MR) is 273 cm³/mol. The molecule has 4 fully saturated rings. The minimum absolute atomic E-state index is 0.0953. The van der Waals surface area contributed by atoms with Gasteiger partial charge in [-0.3, -0.25) is 14.4 Å². The quantitative estimate of drug-likeness (QED) is 0.0696. The normalized spacial score (nSPS) is 22.7. The molecule has 0 radical (unpaired) electrons. The highest BCUT2D eigenvalue weighted by Crippen LogP contribution is 2.55. The topological polar surface area (TPSA) is 167 Å². The van der Waals surface area contributed by atoms with E-state index in [4.69, 9.17) is 30.5 Å². The number of rotatable bonds is 23. The molecule has 14 nitrogen and oxygen atoms in total. The van der Waals surface area contributed by atoms with Crippen molar-refractivity contribution in [2.45, 2.75) is 116 Å². The van der Waals surface area contributed by atoms with E-state index in [0.717, 1.165) is 82.6 Å². The number of carbonyl (C=O) groups is 3. The number of hydrogen-bond acceptors (Lipinski definition) is 11. The lowest BCUT2D eigenvalue weighted by atomic mass is 9.49. The van der Waals surface area contributed by atoms with Crippen LogP contribution >= 0.6 is 11.6 Å².